The molecule has 4 N–H and O–H groups in total. The number of likely N-dealkylation sites (N-methyl/N-ethyl adjacent to an activating group) is 1. The second-order valence-corrected chi connectivity index (χ2v) is 7.83. The van der Waals surface area contributed by atoms with Crippen molar-refractivity contribution in [2.24, 2.45) is 5.73 Å². The van der Waals surface area contributed by atoms with E-state index >= 15 is 0 Å². The van der Waals surface area contributed by atoms with Crippen LogP contribution in [0.5, 0.6) is 0 Å². The van der Waals surface area contributed by atoms with E-state index in [9.17, 15) is 14.4 Å². The summed E-state index contributed by atoms with van der Waals surface area (Å²) in [6, 6.07) is 9.83. The van der Waals surface area contributed by atoms with E-state index in [1.807, 2.05) is 31.3 Å². The number of aryl methyl sites for hydroxylation is 1. The lowest BCUT2D eigenvalue weighted by atomic mass is 10.1. The molecule has 1 atom stereocenters. The monoisotopic (exact) mass is 464 g/mol. The predicted octanol–water partition coefficient (Wildman–Crippen LogP) is 2.31. The summed E-state index contributed by atoms with van der Waals surface area (Å²) in [6.45, 7) is 4.05. The molecule has 0 saturated heterocycles. The molecule has 34 heavy (non-hydrogen) atoms. The summed E-state index contributed by atoms with van der Waals surface area (Å²) in [5.41, 5.74) is 9.55. The number of carbonyl (C=O) groups excluding carboxylic acids is 2. The molecule has 0 spiro atoms. The number of nitrogens with two attached hydrogens (primary N) is 1. The third kappa shape index (κ3) is 5.44. The fourth-order valence-corrected chi connectivity index (χ4v) is 3.43. The smallest absolute Gasteiger partial charge is 0.251 e. The second-order valence-electron chi connectivity index (χ2n) is 7.83. The predicted molar refractivity (Wildman–Crippen MR) is 135 cm³/mol. The highest BCUT2D eigenvalue weighted by molar-refractivity contribution is 6.07. The number of ketones is 1. The van der Waals surface area contributed by atoms with Crippen molar-refractivity contribution < 1.29 is 12.4 Å². The highest BCUT2D eigenvalue weighted by atomic mass is 16.2. The van der Waals surface area contributed by atoms with Crippen LogP contribution < -0.4 is 21.9 Å². The van der Waals surface area contributed by atoms with Crippen LogP contribution in [0.25, 0.3) is 17.0 Å². The fraction of sp³-hybridized carbons (Fsp3) is 0.240. The highest BCUT2D eigenvalue weighted by Crippen LogP contribution is 2.19. The van der Waals surface area contributed by atoms with E-state index in [-0.39, 0.29) is 25.8 Å². The summed E-state index contributed by atoms with van der Waals surface area (Å²) in [7, 11) is 3.38. The fourth-order valence-electron chi connectivity index (χ4n) is 3.43. The Balaban J connectivity index is 0.00000324. The third-order valence-corrected chi connectivity index (χ3v) is 5.42. The molecule has 0 radical (unpaired) electrons. The van der Waals surface area contributed by atoms with Gasteiger partial charge in [-0.2, -0.15) is 0 Å². The van der Waals surface area contributed by atoms with Crippen molar-refractivity contribution in [1.82, 2.24) is 25.2 Å². The number of hydrogen-bond donors (Lipinski definition) is 3. The lowest BCUT2D eigenvalue weighted by Gasteiger charge is -2.15. The van der Waals surface area contributed by atoms with Crippen molar-refractivity contribution in [2.75, 3.05) is 14.1 Å². The molecule has 3 rings (SSSR count). The second kappa shape index (κ2) is 10.7. The number of amides is 1. The number of pyridine rings is 1. The van der Waals surface area contributed by atoms with Crippen LogP contribution in [0.2, 0.25) is 0 Å². The van der Waals surface area contributed by atoms with Gasteiger partial charge in [0.2, 0.25) is 11.7 Å². The van der Waals surface area contributed by atoms with Gasteiger partial charge in [-0.1, -0.05) is 24.3 Å². The molecule has 9 heteroatoms. The van der Waals surface area contributed by atoms with Crippen LogP contribution in [0.1, 0.15) is 43.1 Å². The average molecular weight is 465 g/mol. The zero-order chi connectivity index (χ0) is 24.8. The summed E-state index contributed by atoms with van der Waals surface area (Å²) in [5.74, 6) is -0.680. The van der Waals surface area contributed by atoms with Crippen LogP contribution >= 0.6 is 0 Å². The van der Waals surface area contributed by atoms with Crippen LogP contribution in [0.4, 0.5) is 0 Å². The summed E-state index contributed by atoms with van der Waals surface area (Å²) < 4.78 is 1.31. The molecule has 1 amide bonds. The molecule has 2 aromatic heterocycles. The minimum Gasteiger partial charge on any atom is -0.398 e. The van der Waals surface area contributed by atoms with Gasteiger partial charge in [0.1, 0.15) is 11.7 Å². The van der Waals surface area contributed by atoms with Crippen LogP contribution in [0, 0.1) is 6.92 Å². The molecule has 0 fully saturated rings. The van der Waals surface area contributed by atoms with E-state index in [2.05, 4.69) is 20.6 Å². The number of rotatable bonds is 8. The SMILES string of the molecule is CNCc1ccc(C(N)=CC(=O)c2nc(-c3ccc(=O)n(C(C)C(=O)NC)c3)cnc2C)cc1.[HH].[HH]. The van der Waals surface area contributed by atoms with Gasteiger partial charge < -0.3 is 20.9 Å². The standard InChI is InChI=1S/C25H28N6O3.2H2/c1-15-24(22(32)11-20(26)18-7-5-17(6-8-18)12-27-3)30-21(13-29-15)19-9-10-23(33)31(14-19)16(2)25(34)28-4;;/h5-11,13-14,16,27H,12,26H2,1-4H3,(H,28,34);2*1H. The molecule has 0 aliphatic heterocycles. The highest BCUT2D eigenvalue weighted by Gasteiger charge is 2.17. The van der Waals surface area contributed by atoms with Gasteiger partial charge in [-0.25, -0.2) is 4.98 Å². The van der Waals surface area contributed by atoms with Crippen molar-refractivity contribution in [3.63, 3.8) is 0 Å². The number of hydrogen-bond acceptors (Lipinski definition) is 7. The van der Waals surface area contributed by atoms with Crippen molar-refractivity contribution in [1.29, 1.82) is 0 Å². The van der Waals surface area contributed by atoms with Gasteiger partial charge >= 0.3 is 0 Å². The van der Waals surface area contributed by atoms with Gasteiger partial charge in [0.05, 0.1) is 17.6 Å². The molecular formula is C25H32N6O3. The zero-order valence-corrected chi connectivity index (χ0v) is 19.6. The maximum atomic E-state index is 13.0. The lowest BCUT2D eigenvalue weighted by Crippen LogP contribution is -2.33. The molecule has 1 aromatic carbocycles. The number of allylic oxidation sites excluding steroid dienone is 1. The van der Waals surface area contributed by atoms with Gasteiger partial charge in [0.25, 0.3) is 5.56 Å². The Morgan fingerprint density at radius 2 is 1.88 bits per heavy atom. The Morgan fingerprint density at radius 1 is 1.18 bits per heavy atom. The maximum Gasteiger partial charge on any atom is 0.251 e. The topological polar surface area (TPSA) is 132 Å². The minimum atomic E-state index is -0.709. The number of aromatic nitrogens is 3. The van der Waals surface area contributed by atoms with Gasteiger partial charge in [0.15, 0.2) is 0 Å². The Labute approximate surface area is 200 Å². The first-order chi connectivity index (χ1) is 16.2. The van der Waals surface area contributed by atoms with Crippen LogP contribution in [-0.2, 0) is 11.3 Å². The first-order valence-electron chi connectivity index (χ1n) is 10.8. The van der Waals surface area contributed by atoms with Crippen molar-refractivity contribution in [3.05, 3.63) is 87.7 Å². The Bertz CT molecular complexity index is 1310. The molecule has 9 nitrogen and oxygen atoms in total. The first-order valence-corrected chi connectivity index (χ1v) is 10.8. The summed E-state index contributed by atoms with van der Waals surface area (Å²) in [4.78, 5) is 46.1. The Morgan fingerprint density at radius 3 is 2.53 bits per heavy atom. The van der Waals surface area contributed by atoms with E-state index in [0.717, 1.165) is 17.7 Å². The van der Waals surface area contributed by atoms with Gasteiger partial charge in [0, 0.05) is 46.0 Å². The number of nitrogens with zero attached hydrogens (tertiary/aromatic N) is 3. The maximum absolute atomic E-state index is 13.0. The summed E-state index contributed by atoms with van der Waals surface area (Å²) >= 11 is 0. The zero-order valence-electron chi connectivity index (χ0n) is 19.6. The number of benzene rings is 1. The van der Waals surface area contributed by atoms with Gasteiger partial charge in [-0.3, -0.25) is 19.4 Å². The van der Waals surface area contributed by atoms with Gasteiger partial charge in [-0.05, 0) is 38.1 Å². The van der Waals surface area contributed by atoms with Crippen molar-refractivity contribution in [3.8, 4) is 11.3 Å². The van der Waals surface area contributed by atoms with Crippen molar-refractivity contribution in [2.45, 2.75) is 26.4 Å². The van der Waals surface area contributed by atoms with Crippen LogP contribution in [-0.4, -0.2) is 40.3 Å². The van der Waals surface area contributed by atoms with E-state index < -0.39 is 6.04 Å². The Hall–Kier alpha value is -4.11. The third-order valence-electron chi connectivity index (χ3n) is 5.42. The quantitative estimate of drug-likeness (QED) is 0.344. The Kier molecular flexibility index (Phi) is 7.70. The minimum absolute atomic E-state index is 0. The number of nitrogens with one attached hydrogen (secondary N) is 2. The molecule has 0 saturated carbocycles. The van der Waals surface area contributed by atoms with Crippen LogP contribution in [0.15, 0.2) is 59.7 Å². The van der Waals surface area contributed by atoms with E-state index in [1.54, 1.807) is 19.9 Å². The summed E-state index contributed by atoms with van der Waals surface area (Å²) in [6.07, 6.45) is 4.39. The largest absolute Gasteiger partial charge is 0.398 e. The van der Waals surface area contributed by atoms with Gasteiger partial charge in [-0.15, -0.1) is 0 Å². The van der Waals surface area contributed by atoms with Crippen molar-refractivity contribution >= 4 is 17.4 Å². The normalized spacial score (nSPS) is 12.3. The first kappa shape index (κ1) is 24.5. The van der Waals surface area contributed by atoms with Crippen LogP contribution in [0.3, 0.4) is 0 Å². The lowest BCUT2D eigenvalue weighted by molar-refractivity contribution is -0.123. The molecule has 0 bridgehead atoms. The van der Waals surface area contributed by atoms with E-state index in [1.165, 1.54) is 36.2 Å². The molecule has 0 aliphatic rings. The summed E-state index contributed by atoms with van der Waals surface area (Å²) in [5, 5.41) is 5.61. The van der Waals surface area contributed by atoms with E-state index in [4.69, 9.17) is 5.73 Å². The molecule has 3 aromatic rings. The molecule has 0 aliphatic carbocycles. The molecular weight excluding hydrogens is 432 g/mol. The molecule has 2 heterocycles. The number of carbonyl (C=O) groups is 2. The average Bonchev–Trinajstić information content (AvgIpc) is 2.84. The molecule has 1 unspecified atom stereocenters. The van der Waals surface area contributed by atoms with E-state index in [0.29, 0.717) is 22.6 Å². The molecule has 180 valence electrons.